The average molecular weight is 176 g/mol. The number of hydrogen-bond donors (Lipinski definition) is 0. The van der Waals surface area contributed by atoms with Gasteiger partial charge in [0.05, 0.1) is 19.6 Å². The van der Waals surface area contributed by atoms with Gasteiger partial charge in [0, 0.05) is 12.0 Å². The van der Waals surface area contributed by atoms with Crippen LogP contribution in [0.3, 0.4) is 0 Å². The number of para-hydroxylation sites is 1. The summed E-state index contributed by atoms with van der Waals surface area (Å²) >= 11 is 0. The zero-order chi connectivity index (χ0) is 9.31. The Morgan fingerprint density at radius 1 is 1.15 bits per heavy atom. The Hall–Kier alpha value is -0.820. The quantitative estimate of drug-likeness (QED) is 0.608. The van der Waals surface area contributed by atoms with E-state index in [2.05, 4.69) is 38.1 Å². The van der Waals surface area contributed by atoms with E-state index in [9.17, 15) is 0 Å². The van der Waals surface area contributed by atoms with Crippen molar-refractivity contribution in [1.29, 1.82) is 0 Å². The Kier molecular flexibility index (Phi) is 2.12. The minimum absolute atomic E-state index is 1.19. The highest BCUT2D eigenvalue weighted by Gasteiger charge is 2.34. The van der Waals surface area contributed by atoms with Crippen LogP contribution in [0.1, 0.15) is 19.4 Å². The summed E-state index contributed by atoms with van der Waals surface area (Å²) in [5.74, 6) is 0. The van der Waals surface area contributed by atoms with Crippen LogP contribution in [0.25, 0.3) is 0 Å². The molecule has 0 amide bonds. The van der Waals surface area contributed by atoms with Crippen molar-refractivity contribution in [3.63, 3.8) is 0 Å². The molecular formula is C12H18N+. The second-order valence-corrected chi connectivity index (χ2v) is 3.88. The summed E-state index contributed by atoms with van der Waals surface area (Å²) in [5.41, 5.74) is 3.12. The number of nitrogens with zero attached hydrogens (tertiary/aromatic N) is 1. The Balaban J connectivity index is 2.47. The molecule has 1 heteroatoms. The average Bonchev–Trinajstić information content (AvgIpc) is 2.58. The smallest absolute Gasteiger partial charge is 0.136 e. The van der Waals surface area contributed by atoms with E-state index < -0.39 is 0 Å². The topological polar surface area (TPSA) is 0 Å². The highest BCUT2D eigenvalue weighted by atomic mass is 15.4. The van der Waals surface area contributed by atoms with Crippen molar-refractivity contribution >= 4 is 5.69 Å². The Labute approximate surface area is 80.6 Å². The predicted octanol–water partition coefficient (Wildman–Crippen LogP) is 2.59. The van der Waals surface area contributed by atoms with Crippen molar-refractivity contribution in [2.45, 2.75) is 20.3 Å². The van der Waals surface area contributed by atoms with E-state index in [0.717, 1.165) is 0 Å². The van der Waals surface area contributed by atoms with Gasteiger partial charge in [0.1, 0.15) is 5.69 Å². The summed E-state index contributed by atoms with van der Waals surface area (Å²) in [7, 11) is 0. The van der Waals surface area contributed by atoms with Gasteiger partial charge in [-0.3, -0.25) is 4.48 Å². The van der Waals surface area contributed by atoms with Gasteiger partial charge in [0.2, 0.25) is 0 Å². The van der Waals surface area contributed by atoms with Gasteiger partial charge >= 0.3 is 0 Å². The molecule has 0 saturated heterocycles. The fourth-order valence-corrected chi connectivity index (χ4v) is 2.52. The van der Waals surface area contributed by atoms with Crippen LogP contribution in [0.15, 0.2) is 24.3 Å². The molecule has 0 spiro atoms. The number of benzene rings is 1. The van der Waals surface area contributed by atoms with Crippen molar-refractivity contribution in [3.05, 3.63) is 29.8 Å². The molecule has 70 valence electrons. The Bertz CT molecular complexity index is 300. The van der Waals surface area contributed by atoms with Gasteiger partial charge in [-0.2, -0.15) is 0 Å². The highest BCUT2D eigenvalue weighted by molar-refractivity contribution is 5.54. The third-order valence-corrected chi connectivity index (χ3v) is 3.52. The van der Waals surface area contributed by atoms with Crippen LogP contribution in [0, 0.1) is 0 Å². The molecule has 1 aliphatic rings. The van der Waals surface area contributed by atoms with Crippen LogP contribution < -0.4 is 4.48 Å². The van der Waals surface area contributed by atoms with Gasteiger partial charge in [0.25, 0.3) is 0 Å². The summed E-state index contributed by atoms with van der Waals surface area (Å²) in [6.45, 7) is 8.35. The van der Waals surface area contributed by atoms with Crippen LogP contribution in [0.4, 0.5) is 5.69 Å². The lowest BCUT2D eigenvalue weighted by Crippen LogP contribution is -2.47. The standard InChI is InChI=1S/C12H18N/c1-3-13(4-2)10-9-11-7-5-6-8-12(11)13/h5-8H,3-4,9-10H2,1-2H3/q+1. The Morgan fingerprint density at radius 2 is 1.85 bits per heavy atom. The molecule has 0 radical (unpaired) electrons. The lowest BCUT2D eigenvalue weighted by atomic mass is 10.2. The van der Waals surface area contributed by atoms with Crippen molar-refractivity contribution in [1.82, 2.24) is 4.48 Å². The summed E-state index contributed by atoms with van der Waals surface area (Å²) in [5, 5.41) is 0. The lowest BCUT2D eigenvalue weighted by molar-refractivity contribution is 0.326. The van der Waals surface area contributed by atoms with Gasteiger partial charge < -0.3 is 0 Å². The van der Waals surface area contributed by atoms with Crippen LogP contribution in [0.5, 0.6) is 0 Å². The van der Waals surface area contributed by atoms with Crippen molar-refractivity contribution in [3.8, 4) is 0 Å². The molecule has 0 bridgehead atoms. The summed E-state index contributed by atoms with van der Waals surface area (Å²) in [6, 6.07) is 8.91. The van der Waals surface area contributed by atoms with Gasteiger partial charge in [-0.1, -0.05) is 18.2 Å². The van der Waals surface area contributed by atoms with Crippen LogP contribution in [-0.4, -0.2) is 19.6 Å². The number of hydrogen-bond acceptors (Lipinski definition) is 0. The van der Waals surface area contributed by atoms with E-state index in [1.54, 1.807) is 11.3 Å². The van der Waals surface area contributed by atoms with Crippen LogP contribution in [-0.2, 0) is 6.42 Å². The largest absolute Gasteiger partial charge is 0.291 e. The molecule has 2 rings (SSSR count). The number of likely N-dealkylation sites (N-methyl/N-ethyl adjacent to an activating group) is 1. The zero-order valence-corrected chi connectivity index (χ0v) is 8.59. The molecule has 0 unspecified atom stereocenters. The minimum atomic E-state index is 1.19. The molecule has 0 aliphatic carbocycles. The first-order valence-electron chi connectivity index (χ1n) is 5.27. The first kappa shape index (κ1) is 8.76. The van der Waals surface area contributed by atoms with Crippen molar-refractivity contribution in [2.75, 3.05) is 19.6 Å². The number of fused-ring (bicyclic) bond motifs is 1. The second-order valence-electron chi connectivity index (χ2n) is 3.88. The Morgan fingerprint density at radius 3 is 2.54 bits per heavy atom. The molecular weight excluding hydrogens is 158 g/mol. The molecule has 1 heterocycles. The van der Waals surface area contributed by atoms with Crippen LogP contribution in [0.2, 0.25) is 0 Å². The SMILES string of the molecule is CC[N+]1(CC)CCc2ccccc21. The van der Waals surface area contributed by atoms with E-state index in [1.807, 2.05) is 0 Å². The maximum absolute atomic E-state index is 2.30. The first-order chi connectivity index (χ1) is 6.32. The summed E-state index contributed by atoms with van der Waals surface area (Å²) in [6.07, 6.45) is 1.26. The van der Waals surface area contributed by atoms with E-state index >= 15 is 0 Å². The molecule has 13 heavy (non-hydrogen) atoms. The van der Waals surface area contributed by atoms with E-state index in [0.29, 0.717) is 0 Å². The van der Waals surface area contributed by atoms with Crippen LogP contribution >= 0.6 is 0 Å². The predicted molar refractivity (Wildman–Crippen MR) is 57.9 cm³/mol. The maximum Gasteiger partial charge on any atom is 0.136 e. The lowest BCUT2D eigenvalue weighted by Gasteiger charge is -2.32. The first-order valence-corrected chi connectivity index (χ1v) is 5.27. The molecule has 0 aromatic heterocycles. The van der Waals surface area contributed by atoms with E-state index in [1.165, 1.54) is 30.5 Å². The monoisotopic (exact) mass is 176 g/mol. The third kappa shape index (κ3) is 1.19. The molecule has 1 aromatic rings. The van der Waals surface area contributed by atoms with Gasteiger partial charge in [-0.15, -0.1) is 0 Å². The minimum Gasteiger partial charge on any atom is -0.291 e. The van der Waals surface area contributed by atoms with Gasteiger partial charge in [-0.25, -0.2) is 0 Å². The van der Waals surface area contributed by atoms with Gasteiger partial charge in [0.15, 0.2) is 0 Å². The van der Waals surface area contributed by atoms with Gasteiger partial charge in [-0.05, 0) is 19.9 Å². The maximum atomic E-state index is 2.30. The fourth-order valence-electron chi connectivity index (χ4n) is 2.52. The van der Waals surface area contributed by atoms with E-state index in [4.69, 9.17) is 0 Å². The molecule has 1 aliphatic heterocycles. The van der Waals surface area contributed by atoms with E-state index in [-0.39, 0.29) is 0 Å². The molecule has 0 saturated carbocycles. The molecule has 1 aromatic carbocycles. The summed E-state index contributed by atoms with van der Waals surface area (Å²) < 4.78 is 1.19. The molecule has 1 nitrogen and oxygen atoms in total. The van der Waals surface area contributed by atoms with Crippen molar-refractivity contribution in [2.24, 2.45) is 0 Å². The fraction of sp³-hybridized carbons (Fsp3) is 0.500. The zero-order valence-electron chi connectivity index (χ0n) is 8.59. The third-order valence-electron chi connectivity index (χ3n) is 3.52. The summed E-state index contributed by atoms with van der Waals surface area (Å²) in [4.78, 5) is 0. The molecule has 0 fully saturated rings. The molecule has 0 N–H and O–H groups in total. The second kappa shape index (κ2) is 3.15. The normalized spacial score (nSPS) is 18.6. The highest BCUT2D eigenvalue weighted by Crippen LogP contribution is 2.33. The number of rotatable bonds is 2. The molecule has 0 atom stereocenters. The van der Waals surface area contributed by atoms with Crippen molar-refractivity contribution < 1.29 is 0 Å². The number of quaternary nitrogens is 1.